The molecule has 0 saturated heterocycles. The van der Waals surface area contributed by atoms with Crippen molar-refractivity contribution in [1.29, 1.82) is 0 Å². The zero-order valence-corrected chi connectivity index (χ0v) is 15.6. The zero-order chi connectivity index (χ0) is 18.5. The van der Waals surface area contributed by atoms with Gasteiger partial charge in [-0.25, -0.2) is 4.98 Å². The summed E-state index contributed by atoms with van der Waals surface area (Å²) in [5.74, 6) is 1.08. The zero-order valence-electron chi connectivity index (χ0n) is 15.6. The smallest absolute Gasteiger partial charge is 0.122 e. The van der Waals surface area contributed by atoms with E-state index >= 15 is 0 Å². The fourth-order valence-corrected chi connectivity index (χ4v) is 3.47. The summed E-state index contributed by atoms with van der Waals surface area (Å²) in [6.07, 6.45) is 9.10. The van der Waals surface area contributed by atoms with Crippen molar-refractivity contribution >= 4 is 12.2 Å². The summed E-state index contributed by atoms with van der Waals surface area (Å²) in [7, 11) is 1.73. The van der Waals surface area contributed by atoms with Crippen LogP contribution in [0.15, 0.2) is 42.7 Å². The molecule has 6 nitrogen and oxygen atoms in total. The van der Waals surface area contributed by atoms with Gasteiger partial charge in [-0.2, -0.15) is 5.10 Å². The third kappa shape index (κ3) is 4.18. The Morgan fingerprint density at radius 3 is 2.96 bits per heavy atom. The molecule has 0 aliphatic carbocycles. The van der Waals surface area contributed by atoms with Gasteiger partial charge in [0.1, 0.15) is 5.82 Å². The lowest BCUT2D eigenvalue weighted by molar-refractivity contribution is 0.182. The van der Waals surface area contributed by atoms with Crippen LogP contribution in [-0.2, 0) is 30.8 Å². The SMILES string of the molecule is COCCn1ccnc1CN1CCc2[nH]nc(C=Cc3ccccc3)c2C1. The Balaban J connectivity index is 1.46. The Morgan fingerprint density at radius 1 is 1.22 bits per heavy atom. The van der Waals surface area contributed by atoms with E-state index in [4.69, 9.17) is 4.74 Å². The van der Waals surface area contributed by atoms with Crippen molar-refractivity contribution in [2.45, 2.75) is 26.1 Å². The summed E-state index contributed by atoms with van der Waals surface area (Å²) in [4.78, 5) is 6.97. The molecule has 0 amide bonds. The minimum atomic E-state index is 0.698. The highest BCUT2D eigenvalue weighted by Gasteiger charge is 2.22. The van der Waals surface area contributed by atoms with Crippen LogP contribution < -0.4 is 0 Å². The molecule has 0 unspecified atom stereocenters. The number of H-pyrrole nitrogens is 1. The Kier molecular flexibility index (Phi) is 5.46. The third-order valence-electron chi connectivity index (χ3n) is 4.98. The topological polar surface area (TPSA) is 59.0 Å². The number of hydrogen-bond donors (Lipinski definition) is 1. The summed E-state index contributed by atoms with van der Waals surface area (Å²) < 4.78 is 7.36. The molecule has 140 valence electrons. The Morgan fingerprint density at radius 2 is 2.11 bits per heavy atom. The molecule has 1 aromatic carbocycles. The number of imidazole rings is 1. The van der Waals surface area contributed by atoms with Crippen molar-refractivity contribution in [3.05, 3.63) is 71.1 Å². The van der Waals surface area contributed by atoms with Crippen molar-refractivity contribution in [2.24, 2.45) is 0 Å². The molecule has 1 N–H and O–H groups in total. The number of hydrogen-bond acceptors (Lipinski definition) is 4. The first-order chi connectivity index (χ1) is 13.3. The number of ether oxygens (including phenoxy) is 1. The van der Waals surface area contributed by atoms with E-state index in [-0.39, 0.29) is 0 Å². The second-order valence-corrected chi connectivity index (χ2v) is 6.80. The fraction of sp³-hybridized carbons (Fsp3) is 0.333. The van der Waals surface area contributed by atoms with Crippen molar-refractivity contribution in [3.63, 3.8) is 0 Å². The van der Waals surface area contributed by atoms with Crippen LogP contribution in [0.5, 0.6) is 0 Å². The largest absolute Gasteiger partial charge is 0.383 e. The molecule has 0 atom stereocenters. The van der Waals surface area contributed by atoms with E-state index in [1.807, 2.05) is 30.6 Å². The Hall–Kier alpha value is -2.70. The second kappa shape index (κ2) is 8.33. The van der Waals surface area contributed by atoms with Crippen LogP contribution in [0.1, 0.15) is 28.3 Å². The number of nitrogens with one attached hydrogen (secondary N) is 1. The molecule has 1 aliphatic rings. The van der Waals surface area contributed by atoms with Crippen LogP contribution in [0.3, 0.4) is 0 Å². The molecule has 27 heavy (non-hydrogen) atoms. The first kappa shape index (κ1) is 17.7. The van der Waals surface area contributed by atoms with Crippen molar-refractivity contribution in [1.82, 2.24) is 24.6 Å². The first-order valence-electron chi connectivity index (χ1n) is 9.34. The fourth-order valence-electron chi connectivity index (χ4n) is 3.47. The Bertz CT molecular complexity index is 896. The minimum Gasteiger partial charge on any atom is -0.383 e. The highest BCUT2D eigenvalue weighted by molar-refractivity contribution is 5.69. The number of nitrogens with zero attached hydrogens (tertiary/aromatic N) is 4. The van der Waals surface area contributed by atoms with Gasteiger partial charge in [-0.15, -0.1) is 0 Å². The molecule has 0 saturated carbocycles. The molecule has 3 heterocycles. The molecule has 2 aromatic heterocycles. The van der Waals surface area contributed by atoms with Crippen LogP contribution in [0.4, 0.5) is 0 Å². The van der Waals surface area contributed by atoms with Gasteiger partial charge in [-0.1, -0.05) is 36.4 Å². The summed E-state index contributed by atoms with van der Waals surface area (Å²) >= 11 is 0. The van der Waals surface area contributed by atoms with Crippen LogP contribution in [0, 0.1) is 0 Å². The van der Waals surface area contributed by atoms with Crippen molar-refractivity contribution in [2.75, 3.05) is 20.3 Å². The van der Waals surface area contributed by atoms with Crippen LogP contribution >= 0.6 is 0 Å². The van der Waals surface area contributed by atoms with E-state index in [1.54, 1.807) is 7.11 Å². The monoisotopic (exact) mass is 363 g/mol. The van der Waals surface area contributed by atoms with Gasteiger partial charge in [-0.3, -0.25) is 10.00 Å². The highest BCUT2D eigenvalue weighted by atomic mass is 16.5. The van der Waals surface area contributed by atoms with Gasteiger partial charge >= 0.3 is 0 Å². The van der Waals surface area contributed by atoms with Gasteiger partial charge in [0.25, 0.3) is 0 Å². The van der Waals surface area contributed by atoms with E-state index < -0.39 is 0 Å². The number of aromatic nitrogens is 4. The standard InChI is InChI=1S/C21H25N5O/c1-27-14-13-26-12-10-22-21(26)16-25-11-9-20-18(15-25)19(23-24-20)8-7-17-5-3-2-4-6-17/h2-8,10,12H,9,11,13-16H2,1H3,(H,23,24). The molecule has 1 aliphatic heterocycles. The summed E-state index contributed by atoms with van der Waals surface area (Å²) in [5, 5.41) is 7.74. The van der Waals surface area contributed by atoms with E-state index in [0.717, 1.165) is 44.1 Å². The summed E-state index contributed by atoms with van der Waals surface area (Å²) in [5.41, 5.74) is 4.76. The quantitative estimate of drug-likeness (QED) is 0.701. The number of fused-ring (bicyclic) bond motifs is 1. The van der Waals surface area contributed by atoms with Crippen molar-refractivity contribution in [3.8, 4) is 0 Å². The first-order valence-corrected chi connectivity index (χ1v) is 9.34. The average Bonchev–Trinajstić information content (AvgIpc) is 3.32. The van der Waals surface area contributed by atoms with Gasteiger partial charge in [0.05, 0.1) is 18.8 Å². The van der Waals surface area contributed by atoms with Gasteiger partial charge < -0.3 is 9.30 Å². The van der Waals surface area contributed by atoms with Crippen LogP contribution in [0.2, 0.25) is 0 Å². The lowest BCUT2D eigenvalue weighted by Crippen LogP contribution is -2.31. The molecule has 4 rings (SSSR count). The molecule has 3 aromatic rings. The molecule has 0 bridgehead atoms. The van der Waals surface area contributed by atoms with Crippen molar-refractivity contribution < 1.29 is 4.74 Å². The maximum atomic E-state index is 5.19. The van der Waals surface area contributed by atoms with E-state index in [1.165, 1.54) is 16.8 Å². The van der Waals surface area contributed by atoms with Crippen LogP contribution in [-0.4, -0.2) is 44.9 Å². The van der Waals surface area contributed by atoms with E-state index in [2.05, 4.69) is 48.9 Å². The highest BCUT2D eigenvalue weighted by Crippen LogP contribution is 2.23. The normalized spacial score (nSPS) is 14.7. The van der Waals surface area contributed by atoms with Gasteiger partial charge in [0.2, 0.25) is 0 Å². The van der Waals surface area contributed by atoms with Gasteiger partial charge in [-0.05, 0) is 11.6 Å². The predicted molar refractivity (Wildman–Crippen MR) is 106 cm³/mol. The van der Waals surface area contributed by atoms with Gasteiger partial charge in [0, 0.05) is 56.8 Å². The Labute approximate surface area is 159 Å². The number of benzene rings is 1. The van der Waals surface area contributed by atoms with E-state index in [9.17, 15) is 0 Å². The lowest BCUT2D eigenvalue weighted by Gasteiger charge is -2.26. The second-order valence-electron chi connectivity index (χ2n) is 6.80. The number of methoxy groups -OCH3 is 1. The number of aromatic amines is 1. The summed E-state index contributed by atoms with van der Waals surface area (Å²) in [6, 6.07) is 10.3. The predicted octanol–water partition coefficient (Wildman–Crippen LogP) is 2.98. The number of rotatable bonds is 7. The molecule has 0 fully saturated rings. The minimum absolute atomic E-state index is 0.698. The lowest BCUT2D eigenvalue weighted by atomic mass is 10.0. The molecular formula is C21H25N5O. The third-order valence-corrected chi connectivity index (χ3v) is 4.98. The molecular weight excluding hydrogens is 338 g/mol. The maximum Gasteiger partial charge on any atom is 0.122 e. The van der Waals surface area contributed by atoms with Crippen LogP contribution in [0.25, 0.3) is 12.2 Å². The molecule has 0 radical (unpaired) electrons. The van der Waals surface area contributed by atoms with Gasteiger partial charge in [0.15, 0.2) is 0 Å². The maximum absolute atomic E-state index is 5.19. The molecule has 6 heteroatoms. The molecule has 0 spiro atoms. The average molecular weight is 363 g/mol. The van der Waals surface area contributed by atoms with E-state index in [0.29, 0.717) is 6.61 Å². The summed E-state index contributed by atoms with van der Waals surface area (Å²) in [6.45, 7) is 4.26.